The minimum Gasteiger partial charge on any atom is -0.336 e. The third-order valence-electron chi connectivity index (χ3n) is 6.67. The molecular formula is C24H30N4O. The van der Waals surface area contributed by atoms with E-state index in [-0.39, 0.29) is 6.03 Å². The van der Waals surface area contributed by atoms with Gasteiger partial charge in [0.2, 0.25) is 0 Å². The minimum atomic E-state index is 0.0136. The van der Waals surface area contributed by atoms with Gasteiger partial charge in [0.25, 0.3) is 0 Å². The second-order valence-corrected chi connectivity index (χ2v) is 8.57. The van der Waals surface area contributed by atoms with Crippen molar-refractivity contribution in [1.82, 2.24) is 15.1 Å². The molecule has 0 spiro atoms. The van der Waals surface area contributed by atoms with Gasteiger partial charge in [-0.25, -0.2) is 4.79 Å². The predicted octanol–water partition coefficient (Wildman–Crippen LogP) is 3.24. The van der Waals surface area contributed by atoms with E-state index in [2.05, 4.69) is 63.6 Å². The van der Waals surface area contributed by atoms with E-state index < -0.39 is 0 Å². The van der Waals surface area contributed by atoms with Gasteiger partial charge >= 0.3 is 6.03 Å². The quantitative estimate of drug-likeness (QED) is 0.871. The van der Waals surface area contributed by atoms with Crippen LogP contribution in [0.15, 0.2) is 48.5 Å². The molecule has 2 fully saturated rings. The highest BCUT2D eigenvalue weighted by Gasteiger charge is 2.28. The Morgan fingerprint density at radius 2 is 1.79 bits per heavy atom. The van der Waals surface area contributed by atoms with Gasteiger partial charge in [-0.3, -0.25) is 14.7 Å². The molecule has 3 heterocycles. The smallest absolute Gasteiger partial charge is 0.321 e. The second-order valence-electron chi connectivity index (χ2n) is 8.57. The van der Waals surface area contributed by atoms with Gasteiger partial charge in [0.15, 0.2) is 0 Å². The number of likely N-dealkylation sites (tertiary alicyclic amines) is 1. The first-order valence-corrected chi connectivity index (χ1v) is 10.9. The van der Waals surface area contributed by atoms with Crippen molar-refractivity contribution in [2.45, 2.75) is 38.4 Å². The lowest BCUT2D eigenvalue weighted by Crippen LogP contribution is -2.49. The molecule has 0 aliphatic carbocycles. The van der Waals surface area contributed by atoms with Gasteiger partial charge in [0.05, 0.1) is 0 Å². The van der Waals surface area contributed by atoms with Gasteiger partial charge in [0.1, 0.15) is 0 Å². The van der Waals surface area contributed by atoms with Crippen LogP contribution in [-0.2, 0) is 19.5 Å². The third kappa shape index (κ3) is 4.02. The van der Waals surface area contributed by atoms with Crippen LogP contribution in [0.3, 0.4) is 0 Å². The second kappa shape index (κ2) is 8.17. The normalized spacial score (nSPS) is 23.1. The number of nitrogens with zero attached hydrogens (tertiary/aromatic N) is 3. The van der Waals surface area contributed by atoms with Crippen LogP contribution in [0.2, 0.25) is 0 Å². The van der Waals surface area contributed by atoms with Crippen molar-refractivity contribution >= 4 is 11.7 Å². The summed E-state index contributed by atoms with van der Waals surface area (Å²) in [7, 11) is 0. The highest BCUT2D eigenvalue weighted by Crippen LogP contribution is 2.25. The van der Waals surface area contributed by atoms with Crippen LogP contribution >= 0.6 is 0 Å². The number of hydrogen-bond donors (Lipinski definition) is 1. The van der Waals surface area contributed by atoms with Crippen LogP contribution < -0.4 is 10.2 Å². The fourth-order valence-corrected chi connectivity index (χ4v) is 5.06. The van der Waals surface area contributed by atoms with Crippen molar-refractivity contribution in [3.05, 3.63) is 65.2 Å². The van der Waals surface area contributed by atoms with E-state index >= 15 is 0 Å². The van der Waals surface area contributed by atoms with E-state index in [4.69, 9.17) is 0 Å². The number of fused-ring (bicyclic) bond motifs is 1. The van der Waals surface area contributed by atoms with Gasteiger partial charge in [0, 0.05) is 51.0 Å². The Labute approximate surface area is 173 Å². The van der Waals surface area contributed by atoms with Crippen LogP contribution in [-0.4, -0.2) is 54.6 Å². The summed E-state index contributed by atoms with van der Waals surface area (Å²) in [6.45, 7) is 7.09. The number of benzene rings is 2. The molecule has 0 radical (unpaired) electrons. The zero-order valence-electron chi connectivity index (χ0n) is 17.0. The number of carbonyl (C=O) groups is 1. The molecule has 5 rings (SSSR count). The molecule has 29 heavy (non-hydrogen) atoms. The van der Waals surface area contributed by atoms with Gasteiger partial charge in [-0.2, -0.15) is 0 Å². The molecular weight excluding hydrogens is 360 g/mol. The van der Waals surface area contributed by atoms with Crippen molar-refractivity contribution in [1.29, 1.82) is 0 Å². The van der Waals surface area contributed by atoms with Crippen LogP contribution in [0, 0.1) is 0 Å². The Bertz CT molecular complexity index is 865. The molecule has 1 N–H and O–H groups in total. The van der Waals surface area contributed by atoms with Crippen molar-refractivity contribution in [2.24, 2.45) is 0 Å². The molecule has 0 bridgehead atoms. The van der Waals surface area contributed by atoms with Crippen LogP contribution in [0.25, 0.3) is 0 Å². The first-order chi connectivity index (χ1) is 14.3. The lowest BCUT2D eigenvalue weighted by atomic mass is 9.96. The molecule has 1 atom stereocenters. The summed E-state index contributed by atoms with van der Waals surface area (Å²) in [6.07, 6.45) is 3.76. The topological polar surface area (TPSA) is 38.8 Å². The monoisotopic (exact) mass is 390 g/mol. The van der Waals surface area contributed by atoms with Crippen molar-refractivity contribution < 1.29 is 4.79 Å². The molecule has 1 unspecified atom stereocenters. The van der Waals surface area contributed by atoms with Gasteiger partial charge in [-0.05, 0) is 54.6 Å². The summed E-state index contributed by atoms with van der Waals surface area (Å²) < 4.78 is 0. The molecule has 3 aliphatic heterocycles. The van der Waals surface area contributed by atoms with Crippen LogP contribution in [0.4, 0.5) is 10.5 Å². The lowest BCUT2D eigenvalue weighted by molar-refractivity contribution is 0.0839. The lowest BCUT2D eigenvalue weighted by Gasteiger charge is -2.41. The number of nitrogens with one attached hydrogen (secondary N) is 1. The zero-order chi connectivity index (χ0) is 19.6. The fraction of sp³-hybridized carbons (Fsp3) is 0.458. The standard InChI is InChI=1S/C24H30N4O/c29-24-25-12-15-28(24)22-9-7-19(8-10-22)16-26-13-3-6-23(18-26)27-14-11-20-4-1-2-5-21(20)17-27/h1-2,4-5,7-10,23H,3,6,11-18H2,(H,25,29). The first-order valence-electron chi connectivity index (χ1n) is 10.9. The van der Waals surface area contributed by atoms with Crippen molar-refractivity contribution in [3.8, 4) is 0 Å². The number of piperidine rings is 1. The third-order valence-corrected chi connectivity index (χ3v) is 6.67. The van der Waals surface area contributed by atoms with E-state index in [1.165, 1.54) is 49.0 Å². The Morgan fingerprint density at radius 1 is 0.966 bits per heavy atom. The molecule has 0 aromatic heterocycles. The molecule has 2 aromatic carbocycles. The fourth-order valence-electron chi connectivity index (χ4n) is 5.06. The number of anilines is 1. The zero-order valence-corrected chi connectivity index (χ0v) is 17.0. The predicted molar refractivity (Wildman–Crippen MR) is 116 cm³/mol. The van der Waals surface area contributed by atoms with E-state index in [1.54, 1.807) is 0 Å². The molecule has 152 valence electrons. The maximum absolute atomic E-state index is 11.8. The molecule has 2 aromatic rings. The Morgan fingerprint density at radius 3 is 2.59 bits per heavy atom. The summed E-state index contributed by atoms with van der Waals surface area (Å²) in [4.78, 5) is 19.0. The van der Waals surface area contributed by atoms with Crippen molar-refractivity contribution in [2.75, 3.05) is 37.6 Å². The summed E-state index contributed by atoms with van der Waals surface area (Å²) in [5.74, 6) is 0. The molecule has 3 aliphatic rings. The van der Waals surface area contributed by atoms with E-state index in [9.17, 15) is 4.79 Å². The molecule has 5 nitrogen and oxygen atoms in total. The highest BCUT2D eigenvalue weighted by atomic mass is 16.2. The van der Waals surface area contributed by atoms with E-state index in [0.29, 0.717) is 6.04 Å². The minimum absolute atomic E-state index is 0.0136. The summed E-state index contributed by atoms with van der Waals surface area (Å²) in [5, 5.41) is 2.86. The Balaban J connectivity index is 1.20. The Hall–Kier alpha value is -2.37. The maximum Gasteiger partial charge on any atom is 0.321 e. The van der Waals surface area contributed by atoms with Crippen LogP contribution in [0.1, 0.15) is 29.5 Å². The average Bonchev–Trinajstić information content (AvgIpc) is 3.20. The molecule has 5 heteroatoms. The number of carbonyl (C=O) groups excluding carboxylic acids is 1. The van der Waals surface area contributed by atoms with E-state index in [0.717, 1.165) is 38.4 Å². The Kier molecular flexibility index (Phi) is 5.25. The highest BCUT2D eigenvalue weighted by molar-refractivity contribution is 5.93. The van der Waals surface area contributed by atoms with Gasteiger partial charge in [-0.1, -0.05) is 36.4 Å². The molecule has 0 saturated carbocycles. The number of hydrogen-bond acceptors (Lipinski definition) is 3. The molecule has 2 saturated heterocycles. The largest absolute Gasteiger partial charge is 0.336 e. The molecule has 2 amide bonds. The average molecular weight is 391 g/mol. The van der Waals surface area contributed by atoms with Crippen molar-refractivity contribution in [3.63, 3.8) is 0 Å². The van der Waals surface area contributed by atoms with E-state index in [1.807, 2.05) is 4.90 Å². The number of urea groups is 1. The van der Waals surface area contributed by atoms with Gasteiger partial charge < -0.3 is 5.32 Å². The number of rotatable bonds is 4. The number of amides is 2. The maximum atomic E-state index is 11.8. The van der Waals surface area contributed by atoms with Gasteiger partial charge in [-0.15, -0.1) is 0 Å². The first kappa shape index (κ1) is 18.6. The summed E-state index contributed by atoms with van der Waals surface area (Å²) in [5.41, 5.74) is 5.37. The van der Waals surface area contributed by atoms with Crippen LogP contribution in [0.5, 0.6) is 0 Å². The SMILES string of the molecule is O=C1NCCN1c1ccc(CN2CCCC(N3CCc4ccccc4C3)C2)cc1. The summed E-state index contributed by atoms with van der Waals surface area (Å²) in [6, 6.07) is 18.1. The summed E-state index contributed by atoms with van der Waals surface area (Å²) >= 11 is 0.